The van der Waals surface area contributed by atoms with Crippen molar-refractivity contribution >= 4 is 50.9 Å². The van der Waals surface area contributed by atoms with Crippen molar-refractivity contribution < 1.29 is 41.9 Å². The number of aromatic nitrogens is 2. The summed E-state index contributed by atoms with van der Waals surface area (Å²) in [7, 11) is 0. The molecule has 2 aliphatic carbocycles. The van der Waals surface area contributed by atoms with E-state index < -0.39 is 31.1 Å². The fourth-order valence-corrected chi connectivity index (χ4v) is 7.52. The van der Waals surface area contributed by atoms with Gasteiger partial charge in [0.25, 0.3) is 0 Å². The van der Waals surface area contributed by atoms with Crippen LogP contribution in [0.15, 0.2) is 60.9 Å². The summed E-state index contributed by atoms with van der Waals surface area (Å²) in [6.45, 7) is 4.15. The second-order valence-corrected chi connectivity index (χ2v) is 12.6. The number of amides is 1. The van der Waals surface area contributed by atoms with E-state index >= 15 is 0 Å². The quantitative estimate of drug-likeness (QED) is 0.207. The molecule has 0 radical (unpaired) electrons. The third kappa shape index (κ3) is 6.42. The molecule has 3 atom stereocenters. The van der Waals surface area contributed by atoms with Crippen molar-refractivity contribution in [3.05, 3.63) is 83.2 Å². The van der Waals surface area contributed by atoms with Crippen molar-refractivity contribution in [2.24, 2.45) is 5.92 Å². The average Bonchev–Trinajstić information content (AvgIpc) is 3.71. The fourth-order valence-electron chi connectivity index (χ4n) is 7.52. The van der Waals surface area contributed by atoms with Gasteiger partial charge in [-0.3, -0.25) is 14.3 Å². The number of aromatic amines is 1. The molecule has 0 saturated carbocycles. The minimum absolute atomic E-state index is 0.00670. The van der Waals surface area contributed by atoms with E-state index in [9.17, 15) is 27.9 Å². The number of alkyl halides is 3. The van der Waals surface area contributed by atoms with Crippen LogP contribution in [-0.2, 0) is 22.4 Å². The highest BCUT2D eigenvalue weighted by molar-refractivity contribution is 6.02. The highest BCUT2D eigenvalue weighted by Crippen LogP contribution is 2.41. The standard InChI is InChI=1S/C20H25N3O.C15H14N2O2.C2HF3O2/c1-4-23(5-2)20(24)14-9-16-15-7-6-8-17-19(15)13(11-21-17)10-18(16)22(3)12-14;18-15(19)17-8-9-7-12-10(4-2-6-16-12)11-3-1-5-13(17)14(9)11;3-2(4,5)1(6)7/h6-9,11,14,18,21H,4-5,10,12H2,1-3H3;1,3-5,8,12,16H,2,6-7H2,(H,18,19);(H,6,7)/t14-,18-;;/m1../s1/i3D3;;. The Morgan fingerprint density at radius 3 is 2.36 bits per heavy atom. The molecule has 0 spiro atoms. The number of carboxylic acid groups (broad SMARTS) is 2. The summed E-state index contributed by atoms with van der Waals surface area (Å²) < 4.78 is 57.3. The normalized spacial score (nSPS) is 21.8. The van der Waals surface area contributed by atoms with Gasteiger partial charge in [0.1, 0.15) is 0 Å². The summed E-state index contributed by atoms with van der Waals surface area (Å²) in [5.74, 6) is -3.19. The van der Waals surface area contributed by atoms with E-state index in [1.807, 2.05) is 56.5 Å². The third-order valence-corrected chi connectivity index (χ3v) is 9.78. The minimum atomic E-state index is -5.08. The number of aliphatic carboxylic acids is 1. The minimum Gasteiger partial charge on any atom is -0.475 e. The number of carbonyl (C=O) groups is 3. The van der Waals surface area contributed by atoms with E-state index in [1.165, 1.54) is 15.7 Å². The molecule has 13 heteroatoms. The summed E-state index contributed by atoms with van der Waals surface area (Å²) in [6.07, 6.45) is 4.62. The van der Waals surface area contributed by atoms with Gasteiger partial charge in [0.2, 0.25) is 5.91 Å². The molecule has 8 rings (SSSR count). The van der Waals surface area contributed by atoms with Gasteiger partial charge in [-0.1, -0.05) is 36.4 Å². The van der Waals surface area contributed by atoms with Crippen molar-refractivity contribution in [1.29, 1.82) is 0 Å². The van der Waals surface area contributed by atoms with E-state index in [0.29, 0.717) is 25.6 Å². The number of fused-ring (bicyclic) bond motifs is 4. The molecule has 0 fully saturated rings. The molecule has 2 aromatic carbocycles. The zero-order valence-electron chi connectivity index (χ0n) is 30.6. The molecule has 4 N–H and O–H groups in total. The number of H-pyrrole nitrogens is 1. The van der Waals surface area contributed by atoms with Crippen LogP contribution < -0.4 is 5.32 Å². The maximum absolute atomic E-state index is 13.0. The molecule has 264 valence electrons. The van der Waals surface area contributed by atoms with Crippen molar-refractivity contribution in [1.82, 2.24) is 24.7 Å². The summed E-state index contributed by atoms with van der Waals surface area (Å²) in [5, 5.41) is 22.2. The first-order chi connectivity index (χ1) is 25.0. The van der Waals surface area contributed by atoms with Gasteiger partial charge in [0.05, 0.1) is 11.4 Å². The molecule has 2 aliphatic heterocycles. The second-order valence-electron chi connectivity index (χ2n) is 12.6. The molecular weight excluding hydrogens is 651 g/mol. The van der Waals surface area contributed by atoms with Crippen LogP contribution >= 0.6 is 0 Å². The van der Waals surface area contributed by atoms with Crippen molar-refractivity contribution in [3.63, 3.8) is 0 Å². The lowest BCUT2D eigenvalue weighted by Gasteiger charge is -2.40. The molecule has 4 aliphatic rings. The predicted octanol–water partition coefficient (Wildman–Crippen LogP) is 6.01. The van der Waals surface area contributed by atoms with Crippen LogP contribution in [0.25, 0.3) is 33.0 Å². The van der Waals surface area contributed by atoms with Crippen molar-refractivity contribution in [2.45, 2.75) is 51.4 Å². The molecular formula is C37H40F3N5O5. The van der Waals surface area contributed by atoms with Crippen molar-refractivity contribution in [3.8, 4) is 0 Å². The second kappa shape index (κ2) is 13.8. The highest BCUT2D eigenvalue weighted by atomic mass is 19.4. The number of hydrogen-bond donors (Lipinski definition) is 4. The number of hydrogen-bond acceptors (Lipinski definition) is 5. The highest BCUT2D eigenvalue weighted by Gasteiger charge is 2.38. The molecule has 50 heavy (non-hydrogen) atoms. The fraction of sp³-hybridized carbons (Fsp3) is 0.378. The lowest BCUT2D eigenvalue weighted by atomic mass is 9.79. The van der Waals surface area contributed by atoms with Crippen LogP contribution in [-0.4, -0.2) is 98.9 Å². The Hall–Kier alpha value is -4.88. The Bertz CT molecular complexity index is 2130. The first-order valence-electron chi connectivity index (χ1n) is 18.0. The topological polar surface area (TPSA) is 131 Å². The van der Waals surface area contributed by atoms with Gasteiger partial charge in [-0.05, 0) is 92.2 Å². The van der Waals surface area contributed by atoms with Gasteiger partial charge in [-0.25, -0.2) is 9.59 Å². The van der Waals surface area contributed by atoms with Gasteiger partial charge in [0.15, 0.2) is 0 Å². The van der Waals surface area contributed by atoms with Gasteiger partial charge >= 0.3 is 18.2 Å². The predicted molar refractivity (Wildman–Crippen MR) is 185 cm³/mol. The number of nitrogens with one attached hydrogen (secondary N) is 2. The number of halogens is 3. The van der Waals surface area contributed by atoms with Crippen LogP contribution in [0.5, 0.6) is 0 Å². The number of nitrogens with zero attached hydrogens (tertiary/aromatic N) is 3. The maximum Gasteiger partial charge on any atom is 0.490 e. The number of carbonyl (C=O) groups excluding carboxylic acids is 1. The Morgan fingerprint density at radius 1 is 1.00 bits per heavy atom. The van der Waals surface area contributed by atoms with E-state index in [4.69, 9.17) is 14.0 Å². The van der Waals surface area contributed by atoms with Gasteiger partial charge in [-0.2, -0.15) is 13.2 Å². The monoisotopic (exact) mass is 694 g/mol. The summed E-state index contributed by atoms with van der Waals surface area (Å²) in [4.78, 5) is 39.8. The van der Waals surface area contributed by atoms with E-state index in [1.54, 1.807) is 16.0 Å². The maximum atomic E-state index is 13.0. The first-order valence-corrected chi connectivity index (χ1v) is 16.5. The van der Waals surface area contributed by atoms with Gasteiger partial charge in [0, 0.05) is 64.5 Å². The Balaban J connectivity index is 0.000000160. The van der Waals surface area contributed by atoms with E-state index in [0.717, 1.165) is 63.5 Å². The Morgan fingerprint density at radius 2 is 1.70 bits per heavy atom. The molecule has 0 bridgehead atoms. The third-order valence-electron chi connectivity index (χ3n) is 9.78. The Labute approximate surface area is 291 Å². The van der Waals surface area contributed by atoms with E-state index in [2.05, 4.69) is 22.4 Å². The molecule has 4 aromatic rings. The number of likely N-dealkylation sites (N-methyl/N-ethyl adjacent to an activating group) is 1. The van der Waals surface area contributed by atoms with Gasteiger partial charge < -0.3 is 25.4 Å². The zero-order valence-corrected chi connectivity index (χ0v) is 27.6. The van der Waals surface area contributed by atoms with Crippen LogP contribution in [0.1, 0.15) is 46.6 Å². The number of rotatable bonds is 3. The molecule has 1 amide bonds. The largest absolute Gasteiger partial charge is 0.490 e. The molecule has 2 aromatic heterocycles. The lowest BCUT2D eigenvalue weighted by molar-refractivity contribution is -0.192. The van der Waals surface area contributed by atoms with Crippen LogP contribution in [0.3, 0.4) is 0 Å². The number of carboxylic acids is 1. The zero-order chi connectivity index (χ0) is 38.4. The molecule has 4 heterocycles. The summed E-state index contributed by atoms with van der Waals surface area (Å²) in [5.41, 5.74) is 8.66. The summed E-state index contributed by atoms with van der Waals surface area (Å²) in [6, 6.07) is 12.1. The molecule has 0 saturated heterocycles. The van der Waals surface area contributed by atoms with Crippen LogP contribution in [0.2, 0.25) is 0 Å². The Kier molecular flexibility index (Phi) is 8.59. The number of benzene rings is 2. The van der Waals surface area contributed by atoms with Crippen LogP contribution in [0, 0.1) is 5.92 Å². The first kappa shape index (κ1) is 31.1. The van der Waals surface area contributed by atoms with Gasteiger partial charge in [-0.15, -0.1) is 0 Å². The lowest BCUT2D eigenvalue weighted by Crippen LogP contribution is -2.47. The van der Waals surface area contributed by atoms with Crippen LogP contribution in [0.4, 0.5) is 18.0 Å². The van der Waals surface area contributed by atoms with Crippen molar-refractivity contribution in [2.75, 3.05) is 33.2 Å². The molecule has 10 nitrogen and oxygen atoms in total. The van der Waals surface area contributed by atoms with E-state index in [-0.39, 0.29) is 18.5 Å². The summed E-state index contributed by atoms with van der Waals surface area (Å²) >= 11 is 0. The SMILES string of the molecule is O=C(O)C(F)(F)F.O=C(O)n1cc2c3c(cccc31)C1=CCCNC1C2.[2H]C([2H])([2H])N1C[C@H](C(=O)N(CC)CC)C=C2c3cccc4[nH]cc(c34)C[C@H]21. The average molecular weight is 695 g/mol. The smallest absolute Gasteiger partial charge is 0.475 e. The molecule has 1 unspecified atom stereocenters.